The molecule has 98 valence electrons. The highest BCUT2D eigenvalue weighted by Gasteiger charge is 2.25. The average molecular weight is 337 g/mol. The fourth-order valence-electron chi connectivity index (χ4n) is 1.83. The lowest BCUT2D eigenvalue weighted by molar-refractivity contribution is -0.0108. The standard InChI is InChI=1S/C12H12BrClFNO2/c13-11-2-1-8(15)5-10(11)12(17)16-3-4-18-9(6-14)7-16/h1-2,5,9H,3-4,6-7H2. The smallest absolute Gasteiger partial charge is 0.255 e. The van der Waals surface area contributed by atoms with E-state index in [-0.39, 0.29) is 12.0 Å². The fraction of sp³-hybridized carbons (Fsp3) is 0.417. The number of halogens is 3. The van der Waals surface area contributed by atoms with E-state index in [1.807, 2.05) is 0 Å². The maximum absolute atomic E-state index is 13.2. The van der Waals surface area contributed by atoms with Gasteiger partial charge in [-0.3, -0.25) is 4.79 Å². The van der Waals surface area contributed by atoms with Crippen molar-refractivity contribution in [2.45, 2.75) is 6.10 Å². The topological polar surface area (TPSA) is 29.5 Å². The molecule has 6 heteroatoms. The Hall–Kier alpha value is -0.650. The molecule has 1 fully saturated rings. The Kier molecular flexibility index (Phi) is 4.59. The van der Waals surface area contributed by atoms with E-state index in [1.165, 1.54) is 18.2 Å². The lowest BCUT2D eigenvalue weighted by atomic mass is 10.1. The molecule has 1 unspecified atom stereocenters. The Morgan fingerprint density at radius 2 is 2.39 bits per heavy atom. The third-order valence-corrected chi connectivity index (χ3v) is 3.79. The van der Waals surface area contributed by atoms with Crippen molar-refractivity contribution in [3.8, 4) is 0 Å². The summed E-state index contributed by atoms with van der Waals surface area (Å²) in [5.74, 6) is -0.294. The van der Waals surface area contributed by atoms with Crippen LogP contribution in [-0.2, 0) is 4.74 Å². The van der Waals surface area contributed by atoms with Crippen LogP contribution in [0.5, 0.6) is 0 Å². The summed E-state index contributed by atoms with van der Waals surface area (Å²) in [6.45, 7) is 1.39. The van der Waals surface area contributed by atoms with E-state index in [2.05, 4.69) is 15.9 Å². The van der Waals surface area contributed by atoms with E-state index in [0.29, 0.717) is 35.6 Å². The van der Waals surface area contributed by atoms with Gasteiger partial charge in [-0.15, -0.1) is 11.6 Å². The number of morpholine rings is 1. The molecule has 1 aliphatic rings. The maximum atomic E-state index is 13.2. The number of nitrogens with zero attached hydrogens (tertiary/aromatic N) is 1. The molecule has 0 saturated carbocycles. The van der Waals surface area contributed by atoms with Gasteiger partial charge >= 0.3 is 0 Å². The molecular formula is C12H12BrClFNO2. The fourth-order valence-corrected chi connectivity index (χ4v) is 2.43. The summed E-state index contributed by atoms with van der Waals surface area (Å²) >= 11 is 8.98. The number of hydrogen-bond acceptors (Lipinski definition) is 2. The first kappa shape index (κ1) is 13.8. The Bertz CT molecular complexity index is 458. The van der Waals surface area contributed by atoms with Crippen LogP contribution in [0.2, 0.25) is 0 Å². The van der Waals surface area contributed by atoms with Crippen LogP contribution in [0.25, 0.3) is 0 Å². The van der Waals surface area contributed by atoms with Crippen LogP contribution in [0.3, 0.4) is 0 Å². The van der Waals surface area contributed by atoms with Crippen LogP contribution in [0.1, 0.15) is 10.4 Å². The summed E-state index contributed by atoms with van der Waals surface area (Å²) < 4.78 is 19.2. The van der Waals surface area contributed by atoms with E-state index < -0.39 is 5.82 Å². The second kappa shape index (κ2) is 5.99. The largest absolute Gasteiger partial charge is 0.373 e. The molecule has 1 saturated heterocycles. The van der Waals surface area contributed by atoms with Crippen molar-refractivity contribution in [2.75, 3.05) is 25.6 Å². The van der Waals surface area contributed by atoms with E-state index in [1.54, 1.807) is 4.90 Å². The molecule has 0 spiro atoms. The maximum Gasteiger partial charge on any atom is 0.255 e. The van der Waals surface area contributed by atoms with Crippen molar-refractivity contribution in [2.24, 2.45) is 0 Å². The van der Waals surface area contributed by atoms with Crippen molar-refractivity contribution >= 4 is 33.4 Å². The first-order valence-corrected chi connectivity index (χ1v) is 6.86. The van der Waals surface area contributed by atoms with Gasteiger partial charge in [0.25, 0.3) is 5.91 Å². The van der Waals surface area contributed by atoms with Crippen LogP contribution in [0.4, 0.5) is 4.39 Å². The molecule has 1 atom stereocenters. The highest BCUT2D eigenvalue weighted by molar-refractivity contribution is 9.10. The van der Waals surface area contributed by atoms with Gasteiger partial charge in [0.2, 0.25) is 0 Å². The predicted molar refractivity (Wildman–Crippen MR) is 70.5 cm³/mol. The molecule has 1 aromatic carbocycles. The summed E-state index contributed by atoms with van der Waals surface area (Å²) in [4.78, 5) is 13.9. The molecule has 2 rings (SSSR count). The molecule has 0 N–H and O–H groups in total. The number of carbonyl (C=O) groups is 1. The van der Waals surface area contributed by atoms with E-state index >= 15 is 0 Å². The molecule has 3 nitrogen and oxygen atoms in total. The third-order valence-electron chi connectivity index (χ3n) is 2.76. The SMILES string of the molecule is O=C(c1cc(F)ccc1Br)N1CCOC(CCl)C1. The highest BCUT2D eigenvalue weighted by atomic mass is 79.9. The molecule has 0 bridgehead atoms. The van der Waals surface area contributed by atoms with Gasteiger partial charge in [-0.2, -0.15) is 0 Å². The van der Waals surface area contributed by atoms with Gasteiger partial charge in [0.05, 0.1) is 24.2 Å². The van der Waals surface area contributed by atoms with Crippen LogP contribution in [-0.4, -0.2) is 42.5 Å². The molecule has 1 amide bonds. The van der Waals surface area contributed by atoms with Gasteiger partial charge in [0, 0.05) is 17.6 Å². The number of alkyl halides is 1. The zero-order valence-electron chi connectivity index (χ0n) is 9.54. The monoisotopic (exact) mass is 335 g/mol. The number of hydrogen-bond donors (Lipinski definition) is 0. The van der Waals surface area contributed by atoms with E-state index in [0.717, 1.165) is 0 Å². The lowest BCUT2D eigenvalue weighted by Gasteiger charge is -2.32. The summed E-state index contributed by atoms with van der Waals surface area (Å²) in [7, 11) is 0. The molecular weight excluding hydrogens is 324 g/mol. The minimum atomic E-state index is -0.427. The zero-order valence-corrected chi connectivity index (χ0v) is 11.9. The van der Waals surface area contributed by atoms with E-state index in [9.17, 15) is 9.18 Å². The van der Waals surface area contributed by atoms with Gasteiger partial charge in [0.15, 0.2) is 0 Å². The van der Waals surface area contributed by atoms with Crippen molar-refractivity contribution in [3.63, 3.8) is 0 Å². The number of rotatable bonds is 2. The van der Waals surface area contributed by atoms with Crippen LogP contribution < -0.4 is 0 Å². The molecule has 0 aromatic heterocycles. The summed E-state index contributed by atoms with van der Waals surface area (Å²) in [5.41, 5.74) is 0.324. The second-order valence-corrected chi connectivity index (χ2v) is 5.19. The summed E-state index contributed by atoms with van der Waals surface area (Å²) in [6.07, 6.45) is -0.156. The lowest BCUT2D eigenvalue weighted by Crippen LogP contribution is -2.46. The van der Waals surface area contributed by atoms with Crippen LogP contribution in [0.15, 0.2) is 22.7 Å². The molecule has 0 radical (unpaired) electrons. The predicted octanol–water partition coefficient (Wildman–Crippen LogP) is 2.67. The van der Waals surface area contributed by atoms with Crippen molar-refractivity contribution in [1.82, 2.24) is 4.90 Å². The number of amides is 1. The summed E-state index contributed by atoms with van der Waals surface area (Å²) in [6, 6.07) is 4.07. The first-order chi connectivity index (χ1) is 8.61. The van der Waals surface area contributed by atoms with Gasteiger partial charge < -0.3 is 9.64 Å². The number of carbonyl (C=O) groups excluding carboxylic acids is 1. The highest BCUT2D eigenvalue weighted by Crippen LogP contribution is 2.21. The average Bonchev–Trinajstić information content (AvgIpc) is 2.41. The van der Waals surface area contributed by atoms with E-state index in [4.69, 9.17) is 16.3 Å². The molecule has 0 aliphatic carbocycles. The first-order valence-electron chi connectivity index (χ1n) is 5.53. The van der Waals surface area contributed by atoms with Crippen molar-refractivity contribution in [1.29, 1.82) is 0 Å². The molecule has 1 aliphatic heterocycles. The molecule has 18 heavy (non-hydrogen) atoms. The quantitative estimate of drug-likeness (QED) is 0.777. The van der Waals surface area contributed by atoms with Gasteiger partial charge in [-0.05, 0) is 34.1 Å². The van der Waals surface area contributed by atoms with Crippen molar-refractivity contribution < 1.29 is 13.9 Å². The molecule has 1 heterocycles. The normalized spacial score (nSPS) is 19.9. The Labute approximate surface area is 118 Å². The van der Waals surface area contributed by atoms with Crippen LogP contribution in [0, 0.1) is 5.82 Å². The van der Waals surface area contributed by atoms with Gasteiger partial charge in [-0.25, -0.2) is 4.39 Å². The minimum Gasteiger partial charge on any atom is -0.373 e. The Morgan fingerprint density at radius 3 is 3.11 bits per heavy atom. The number of benzene rings is 1. The van der Waals surface area contributed by atoms with Gasteiger partial charge in [-0.1, -0.05) is 0 Å². The number of ether oxygens (including phenoxy) is 1. The zero-order chi connectivity index (χ0) is 13.1. The molecule has 1 aromatic rings. The van der Waals surface area contributed by atoms with Gasteiger partial charge in [0.1, 0.15) is 5.82 Å². The third kappa shape index (κ3) is 3.02. The Morgan fingerprint density at radius 1 is 1.61 bits per heavy atom. The summed E-state index contributed by atoms with van der Waals surface area (Å²) in [5, 5.41) is 0. The van der Waals surface area contributed by atoms with Crippen molar-refractivity contribution in [3.05, 3.63) is 34.1 Å². The van der Waals surface area contributed by atoms with Crippen LogP contribution >= 0.6 is 27.5 Å². The second-order valence-electron chi connectivity index (χ2n) is 4.02. The minimum absolute atomic E-state index is 0.156. The Balaban J connectivity index is 2.17.